The molecule has 0 fully saturated rings. The van der Waals surface area contributed by atoms with Gasteiger partial charge in [-0.1, -0.05) is 38.3 Å². The molecule has 8 heteroatoms. The number of para-hydroxylation sites is 1. The van der Waals surface area contributed by atoms with Crippen LogP contribution in [0, 0.1) is 0 Å². The smallest absolute Gasteiger partial charge is 0.259 e. The number of hydrogen-bond acceptors (Lipinski definition) is 7. The molecule has 0 spiro atoms. The molecule has 0 aliphatic carbocycles. The molecular formula is C33H38N2O6. The van der Waals surface area contributed by atoms with Crippen LogP contribution in [-0.4, -0.2) is 45.9 Å². The Hall–Kier alpha value is -4.46. The summed E-state index contributed by atoms with van der Waals surface area (Å²) in [4.78, 5) is 18.3. The lowest BCUT2D eigenvalue weighted by Crippen LogP contribution is -2.15. The number of amides is 1. The van der Waals surface area contributed by atoms with E-state index in [1.165, 1.54) is 6.42 Å². The number of benzene rings is 3. The predicted octanol–water partition coefficient (Wildman–Crippen LogP) is 7.07. The molecule has 0 unspecified atom stereocenters. The zero-order valence-corrected chi connectivity index (χ0v) is 24.4. The first-order valence-corrected chi connectivity index (χ1v) is 13.8. The van der Waals surface area contributed by atoms with Crippen LogP contribution in [0.5, 0.6) is 28.7 Å². The highest BCUT2D eigenvalue weighted by molar-refractivity contribution is 6.06. The Morgan fingerprint density at radius 3 is 2.20 bits per heavy atom. The number of pyridine rings is 1. The summed E-state index contributed by atoms with van der Waals surface area (Å²) in [6, 6.07) is 16.7. The fraction of sp³-hybridized carbons (Fsp3) is 0.333. The molecule has 8 nitrogen and oxygen atoms in total. The standard InChI is InChI=1S/C33H38N2O6/c1-6-7-8-11-16-41-28-13-10-9-12-24(28)33(36)35-26-21-32(40-5)30(38-3)19-23(26)17-27-25-20-31(39-4)29(37-2)18-22(25)14-15-34-27/h9-10,12-15,18-21H,6-8,11,16-17H2,1-5H3,(H,35,36). The number of carbonyl (C=O) groups excluding carboxylic acids is 1. The van der Waals surface area contributed by atoms with Crippen LogP contribution in [0.2, 0.25) is 0 Å². The molecule has 1 aromatic heterocycles. The molecule has 216 valence electrons. The number of hydrogen-bond donors (Lipinski definition) is 1. The van der Waals surface area contributed by atoms with Gasteiger partial charge >= 0.3 is 0 Å². The third-order valence-electron chi connectivity index (χ3n) is 6.95. The van der Waals surface area contributed by atoms with Crippen LogP contribution in [0.25, 0.3) is 10.8 Å². The highest BCUT2D eigenvalue weighted by Crippen LogP contribution is 2.37. The van der Waals surface area contributed by atoms with Crippen LogP contribution in [0.1, 0.15) is 54.2 Å². The van der Waals surface area contributed by atoms with Gasteiger partial charge in [0.1, 0.15) is 5.75 Å². The van der Waals surface area contributed by atoms with E-state index in [0.29, 0.717) is 53.0 Å². The van der Waals surface area contributed by atoms with Crippen molar-refractivity contribution in [1.29, 1.82) is 0 Å². The number of carbonyl (C=O) groups is 1. The second kappa shape index (κ2) is 14.3. The molecule has 0 radical (unpaired) electrons. The highest BCUT2D eigenvalue weighted by Gasteiger charge is 2.19. The molecular weight excluding hydrogens is 520 g/mol. The van der Waals surface area contributed by atoms with Gasteiger partial charge in [-0.3, -0.25) is 9.78 Å². The number of nitrogens with one attached hydrogen (secondary N) is 1. The fourth-order valence-electron chi connectivity index (χ4n) is 4.75. The molecule has 0 aliphatic rings. The van der Waals surface area contributed by atoms with Gasteiger partial charge in [0.2, 0.25) is 0 Å². The fourth-order valence-corrected chi connectivity index (χ4v) is 4.75. The van der Waals surface area contributed by atoms with Crippen molar-refractivity contribution in [2.45, 2.75) is 39.0 Å². The summed E-state index contributed by atoms with van der Waals surface area (Å²) in [6.45, 7) is 2.74. The topological polar surface area (TPSA) is 88.1 Å². The molecule has 3 aromatic carbocycles. The second-order valence-electron chi connectivity index (χ2n) is 9.59. The van der Waals surface area contributed by atoms with Gasteiger partial charge in [0.15, 0.2) is 23.0 Å². The van der Waals surface area contributed by atoms with Gasteiger partial charge in [-0.2, -0.15) is 0 Å². The lowest BCUT2D eigenvalue weighted by molar-refractivity contribution is 0.102. The van der Waals surface area contributed by atoms with Crippen LogP contribution in [-0.2, 0) is 6.42 Å². The Labute approximate surface area is 241 Å². The first-order valence-electron chi connectivity index (χ1n) is 13.8. The molecule has 0 saturated carbocycles. The van der Waals surface area contributed by atoms with E-state index in [4.69, 9.17) is 23.7 Å². The molecule has 0 aliphatic heterocycles. The van der Waals surface area contributed by atoms with Crippen molar-refractivity contribution in [1.82, 2.24) is 4.98 Å². The van der Waals surface area contributed by atoms with Crippen LogP contribution in [0.15, 0.2) is 60.8 Å². The first-order chi connectivity index (χ1) is 20.0. The Kier molecular flexibility index (Phi) is 10.3. The molecule has 4 rings (SSSR count). The maximum atomic E-state index is 13.6. The van der Waals surface area contributed by atoms with Crippen LogP contribution in [0.3, 0.4) is 0 Å². The molecule has 41 heavy (non-hydrogen) atoms. The van der Waals surface area contributed by atoms with Crippen molar-refractivity contribution < 1.29 is 28.5 Å². The number of rotatable bonds is 14. The highest BCUT2D eigenvalue weighted by atomic mass is 16.5. The number of anilines is 1. The number of methoxy groups -OCH3 is 4. The van der Waals surface area contributed by atoms with Crippen molar-refractivity contribution in [2.75, 3.05) is 40.4 Å². The number of ether oxygens (including phenoxy) is 5. The SMILES string of the molecule is CCCCCCOc1ccccc1C(=O)Nc1cc(OC)c(OC)cc1Cc1nccc2cc(OC)c(OC)cc12. The van der Waals surface area contributed by atoms with E-state index in [0.717, 1.165) is 41.3 Å². The summed E-state index contributed by atoms with van der Waals surface area (Å²) < 4.78 is 28.2. The van der Waals surface area contributed by atoms with Gasteiger partial charge in [-0.15, -0.1) is 0 Å². The third kappa shape index (κ3) is 7.01. The Morgan fingerprint density at radius 2 is 1.46 bits per heavy atom. The van der Waals surface area contributed by atoms with Crippen molar-refractivity contribution in [3.63, 3.8) is 0 Å². The average Bonchev–Trinajstić information content (AvgIpc) is 3.01. The van der Waals surface area contributed by atoms with Crippen molar-refractivity contribution in [3.05, 3.63) is 77.6 Å². The van der Waals surface area contributed by atoms with Gasteiger partial charge in [0, 0.05) is 29.8 Å². The molecule has 0 saturated heterocycles. The number of aromatic nitrogens is 1. The zero-order valence-electron chi connectivity index (χ0n) is 24.4. The van der Waals surface area contributed by atoms with Gasteiger partial charge in [-0.25, -0.2) is 0 Å². The number of nitrogens with zero attached hydrogens (tertiary/aromatic N) is 1. The van der Waals surface area contributed by atoms with Gasteiger partial charge in [0.05, 0.1) is 46.3 Å². The van der Waals surface area contributed by atoms with Crippen molar-refractivity contribution in [2.24, 2.45) is 0 Å². The third-order valence-corrected chi connectivity index (χ3v) is 6.95. The average molecular weight is 559 g/mol. The monoisotopic (exact) mass is 558 g/mol. The zero-order chi connectivity index (χ0) is 29.2. The summed E-state index contributed by atoms with van der Waals surface area (Å²) in [5.41, 5.74) is 2.67. The van der Waals surface area contributed by atoms with Crippen molar-refractivity contribution in [3.8, 4) is 28.7 Å². The van der Waals surface area contributed by atoms with E-state index < -0.39 is 0 Å². The Balaban J connectivity index is 1.68. The van der Waals surface area contributed by atoms with Crippen LogP contribution in [0.4, 0.5) is 5.69 Å². The van der Waals surface area contributed by atoms with E-state index >= 15 is 0 Å². The molecule has 0 atom stereocenters. The number of fused-ring (bicyclic) bond motifs is 1. The maximum absolute atomic E-state index is 13.6. The van der Waals surface area contributed by atoms with E-state index in [1.807, 2.05) is 42.5 Å². The van der Waals surface area contributed by atoms with Gasteiger partial charge in [0.25, 0.3) is 5.91 Å². The minimum absolute atomic E-state index is 0.278. The lowest BCUT2D eigenvalue weighted by Gasteiger charge is -2.18. The van der Waals surface area contributed by atoms with E-state index in [9.17, 15) is 4.79 Å². The summed E-state index contributed by atoms with van der Waals surface area (Å²) >= 11 is 0. The summed E-state index contributed by atoms with van der Waals surface area (Å²) in [6.07, 6.45) is 6.54. The largest absolute Gasteiger partial charge is 0.493 e. The minimum atomic E-state index is -0.278. The Bertz CT molecular complexity index is 1490. The van der Waals surface area contributed by atoms with Gasteiger partial charge in [-0.05, 0) is 53.8 Å². The van der Waals surface area contributed by atoms with Crippen molar-refractivity contribution >= 4 is 22.4 Å². The molecule has 1 N–H and O–H groups in total. The molecule has 1 heterocycles. The second-order valence-corrected chi connectivity index (χ2v) is 9.59. The van der Waals surface area contributed by atoms with E-state index in [-0.39, 0.29) is 5.91 Å². The van der Waals surface area contributed by atoms with Crippen LogP contribution < -0.4 is 29.0 Å². The summed E-state index contributed by atoms with van der Waals surface area (Å²) in [7, 11) is 6.37. The molecule has 4 aromatic rings. The van der Waals surface area contributed by atoms with Gasteiger partial charge < -0.3 is 29.0 Å². The molecule has 1 amide bonds. The summed E-state index contributed by atoms with van der Waals surface area (Å²) in [5, 5.41) is 4.96. The normalized spacial score (nSPS) is 10.8. The lowest BCUT2D eigenvalue weighted by atomic mass is 10.0. The summed E-state index contributed by atoms with van der Waals surface area (Å²) in [5.74, 6) is 2.59. The van der Waals surface area contributed by atoms with Crippen LogP contribution >= 0.6 is 0 Å². The quantitative estimate of drug-likeness (QED) is 0.166. The van der Waals surface area contributed by atoms with E-state index in [1.54, 1.807) is 46.8 Å². The molecule has 0 bridgehead atoms. The Morgan fingerprint density at radius 1 is 0.780 bits per heavy atom. The maximum Gasteiger partial charge on any atom is 0.259 e. The first kappa shape index (κ1) is 29.5. The van der Waals surface area contributed by atoms with E-state index in [2.05, 4.69) is 17.2 Å². The number of unbranched alkanes of at least 4 members (excludes halogenated alkanes) is 3. The predicted molar refractivity (Wildman–Crippen MR) is 161 cm³/mol. The minimum Gasteiger partial charge on any atom is -0.493 e.